The van der Waals surface area contributed by atoms with Gasteiger partial charge in [-0.3, -0.25) is 14.4 Å². The van der Waals surface area contributed by atoms with Crippen LogP contribution in [0.15, 0.2) is 12.4 Å². The maximum Gasteiger partial charge on any atom is 0.307 e. The molecule has 1 saturated heterocycles. The van der Waals surface area contributed by atoms with Gasteiger partial charge in [0, 0.05) is 30.9 Å². The predicted octanol–water partition coefficient (Wildman–Crippen LogP) is 1.37. The van der Waals surface area contributed by atoms with Crippen LogP contribution in [-0.4, -0.2) is 38.8 Å². The third-order valence-corrected chi connectivity index (χ3v) is 3.21. The first kappa shape index (κ1) is 12.1. The molecule has 2 rings (SSSR count). The van der Waals surface area contributed by atoms with Gasteiger partial charge in [-0.05, 0) is 26.8 Å². The summed E-state index contributed by atoms with van der Waals surface area (Å²) in [7, 11) is 0. The number of hydrogen-bond acceptors (Lipinski definition) is 3. The van der Waals surface area contributed by atoms with Gasteiger partial charge in [0.25, 0.3) is 0 Å². The normalized spacial score (nSPS) is 21.2. The second-order valence-electron chi connectivity index (χ2n) is 4.98. The molecule has 0 spiro atoms. The summed E-state index contributed by atoms with van der Waals surface area (Å²) in [6, 6.07) is 0.370. The predicted molar refractivity (Wildman–Crippen MR) is 63.6 cm³/mol. The number of likely N-dealkylation sites (tertiary alicyclic amines) is 1. The summed E-state index contributed by atoms with van der Waals surface area (Å²) in [4.78, 5) is 13.0. The summed E-state index contributed by atoms with van der Waals surface area (Å²) in [6.07, 6.45) is 4.67. The molecule has 1 aromatic rings. The zero-order chi connectivity index (χ0) is 12.4. The number of rotatable bonds is 4. The van der Waals surface area contributed by atoms with Gasteiger partial charge in [0.1, 0.15) is 0 Å². The van der Waals surface area contributed by atoms with E-state index in [9.17, 15) is 4.79 Å². The van der Waals surface area contributed by atoms with Crippen LogP contribution >= 0.6 is 0 Å². The molecule has 0 saturated carbocycles. The first-order chi connectivity index (χ1) is 8.06. The van der Waals surface area contributed by atoms with Crippen LogP contribution in [0.3, 0.4) is 0 Å². The molecule has 1 aliphatic heterocycles. The molecule has 94 valence electrons. The zero-order valence-corrected chi connectivity index (χ0v) is 10.3. The number of aromatic nitrogens is 2. The third kappa shape index (κ3) is 2.85. The second-order valence-corrected chi connectivity index (χ2v) is 4.98. The molecular formula is C12H19N3O2. The Bertz CT molecular complexity index is 400. The molecule has 1 atom stereocenters. The maximum absolute atomic E-state index is 10.8. The van der Waals surface area contributed by atoms with Crippen molar-refractivity contribution in [2.45, 2.75) is 32.9 Å². The van der Waals surface area contributed by atoms with Crippen LogP contribution in [0.1, 0.15) is 31.9 Å². The van der Waals surface area contributed by atoms with Crippen molar-refractivity contribution in [2.75, 3.05) is 13.1 Å². The molecule has 1 aliphatic rings. The minimum absolute atomic E-state index is 0.199. The summed E-state index contributed by atoms with van der Waals surface area (Å²) in [5.41, 5.74) is 1.16. The molecule has 0 aromatic carbocycles. The summed E-state index contributed by atoms with van der Waals surface area (Å²) in [6.45, 7) is 6.50. The van der Waals surface area contributed by atoms with Crippen molar-refractivity contribution in [2.24, 2.45) is 5.92 Å². The molecule has 1 fully saturated rings. The third-order valence-electron chi connectivity index (χ3n) is 3.21. The van der Waals surface area contributed by atoms with E-state index in [1.165, 1.54) is 0 Å². The lowest BCUT2D eigenvalue weighted by atomic mass is 10.1. The van der Waals surface area contributed by atoms with Crippen LogP contribution in [0.2, 0.25) is 0 Å². The van der Waals surface area contributed by atoms with Gasteiger partial charge in [-0.25, -0.2) is 0 Å². The molecule has 5 heteroatoms. The van der Waals surface area contributed by atoms with Gasteiger partial charge >= 0.3 is 5.97 Å². The number of carboxylic acid groups (broad SMARTS) is 1. The highest BCUT2D eigenvalue weighted by molar-refractivity contribution is 5.70. The molecule has 5 nitrogen and oxygen atoms in total. The number of carboxylic acids is 1. The van der Waals surface area contributed by atoms with E-state index in [0.29, 0.717) is 12.6 Å². The first-order valence-electron chi connectivity index (χ1n) is 6.04. The summed E-state index contributed by atoms with van der Waals surface area (Å²) < 4.78 is 1.93. The van der Waals surface area contributed by atoms with Crippen molar-refractivity contribution in [3.63, 3.8) is 0 Å². The van der Waals surface area contributed by atoms with Crippen molar-refractivity contribution in [1.29, 1.82) is 0 Å². The second kappa shape index (κ2) is 4.87. The lowest BCUT2D eigenvalue weighted by molar-refractivity contribution is -0.141. The Kier molecular flexibility index (Phi) is 3.47. The fourth-order valence-electron chi connectivity index (χ4n) is 2.18. The lowest BCUT2D eigenvalue weighted by Gasteiger charge is -2.13. The number of aliphatic carboxylic acids is 1. The molecule has 0 amide bonds. The van der Waals surface area contributed by atoms with Crippen molar-refractivity contribution in [1.82, 2.24) is 14.7 Å². The molecule has 1 unspecified atom stereocenters. The topological polar surface area (TPSA) is 58.4 Å². The Labute approximate surface area is 101 Å². The van der Waals surface area contributed by atoms with E-state index in [1.54, 1.807) is 0 Å². The van der Waals surface area contributed by atoms with Crippen molar-refractivity contribution >= 4 is 5.97 Å². The van der Waals surface area contributed by atoms with E-state index in [4.69, 9.17) is 5.11 Å². The SMILES string of the molecule is CC(C)n1cc(CN2CCC(C(=O)O)C2)cn1. The Hall–Kier alpha value is -1.36. The number of carbonyl (C=O) groups is 1. The van der Waals surface area contributed by atoms with Crippen LogP contribution in [0.5, 0.6) is 0 Å². The molecule has 0 bridgehead atoms. The Balaban J connectivity index is 1.91. The molecule has 1 aromatic heterocycles. The van der Waals surface area contributed by atoms with Crippen LogP contribution in [-0.2, 0) is 11.3 Å². The Morgan fingerprint density at radius 2 is 2.41 bits per heavy atom. The van der Waals surface area contributed by atoms with Gasteiger partial charge < -0.3 is 5.11 Å². The van der Waals surface area contributed by atoms with E-state index >= 15 is 0 Å². The fraction of sp³-hybridized carbons (Fsp3) is 0.667. The van der Waals surface area contributed by atoms with Crippen LogP contribution in [0, 0.1) is 5.92 Å². The Morgan fingerprint density at radius 1 is 1.65 bits per heavy atom. The smallest absolute Gasteiger partial charge is 0.307 e. The zero-order valence-electron chi connectivity index (χ0n) is 10.3. The summed E-state index contributed by atoms with van der Waals surface area (Å²) in [5, 5.41) is 13.2. The van der Waals surface area contributed by atoms with E-state index in [-0.39, 0.29) is 5.92 Å². The van der Waals surface area contributed by atoms with E-state index in [2.05, 4.69) is 23.8 Å². The average Bonchev–Trinajstić information content (AvgIpc) is 2.87. The highest BCUT2D eigenvalue weighted by atomic mass is 16.4. The van der Waals surface area contributed by atoms with E-state index < -0.39 is 5.97 Å². The van der Waals surface area contributed by atoms with Crippen molar-refractivity contribution in [3.8, 4) is 0 Å². The van der Waals surface area contributed by atoms with Gasteiger partial charge in [0.2, 0.25) is 0 Å². The van der Waals surface area contributed by atoms with Gasteiger partial charge in [-0.1, -0.05) is 0 Å². The average molecular weight is 237 g/mol. The van der Waals surface area contributed by atoms with E-state index in [0.717, 1.165) is 25.1 Å². The van der Waals surface area contributed by atoms with Gasteiger partial charge in [0.15, 0.2) is 0 Å². The van der Waals surface area contributed by atoms with Crippen LogP contribution in [0.4, 0.5) is 0 Å². The fourth-order valence-corrected chi connectivity index (χ4v) is 2.18. The molecule has 17 heavy (non-hydrogen) atoms. The van der Waals surface area contributed by atoms with Crippen molar-refractivity contribution < 1.29 is 9.90 Å². The number of nitrogens with zero attached hydrogens (tertiary/aromatic N) is 3. The van der Waals surface area contributed by atoms with Crippen molar-refractivity contribution in [3.05, 3.63) is 18.0 Å². The minimum atomic E-state index is -0.676. The highest BCUT2D eigenvalue weighted by Gasteiger charge is 2.27. The minimum Gasteiger partial charge on any atom is -0.481 e. The maximum atomic E-state index is 10.8. The first-order valence-corrected chi connectivity index (χ1v) is 6.04. The molecule has 0 radical (unpaired) electrons. The monoisotopic (exact) mass is 237 g/mol. The highest BCUT2D eigenvalue weighted by Crippen LogP contribution is 2.18. The molecule has 0 aliphatic carbocycles. The van der Waals surface area contributed by atoms with Crippen LogP contribution in [0.25, 0.3) is 0 Å². The Morgan fingerprint density at radius 3 is 2.94 bits per heavy atom. The quantitative estimate of drug-likeness (QED) is 0.859. The standard InChI is InChI=1S/C12H19N3O2/c1-9(2)15-7-10(5-13-15)6-14-4-3-11(8-14)12(16)17/h5,7,9,11H,3-4,6,8H2,1-2H3,(H,16,17). The summed E-state index contributed by atoms with van der Waals surface area (Å²) >= 11 is 0. The molecule has 1 N–H and O–H groups in total. The largest absolute Gasteiger partial charge is 0.481 e. The van der Waals surface area contributed by atoms with Gasteiger partial charge in [0.05, 0.1) is 12.1 Å². The molecule has 2 heterocycles. The summed E-state index contributed by atoms with van der Waals surface area (Å²) in [5.74, 6) is -0.875. The van der Waals surface area contributed by atoms with E-state index in [1.807, 2.05) is 17.1 Å². The lowest BCUT2D eigenvalue weighted by Crippen LogP contribution is -2.22. The number of hydrogen-bond donors (Lipinski definition) is 1. The van der Waals surface area contributed by atoms with Gasteiger partial charge in [-0.2, -0.15) is 5.10 Å². The van der Waals surface area contributed by atoms with Crippen LogP contribution < -0.4 is 0 Å². The van der Waals surface area contributed by atoms with Gasteiger partial charge in [-0.15, -0.1) is 0 Å². The molecular weight excluding hydrogens is 218 g/mol.